The van der Waals surface area contributed by atoms with Crippen molar-refractivity contribution >= 4 is 0 Å². The van der Waals surface area contributed by atoms with Crippen LogP contribution in [0.15, 0.2) is 0 Å². The first-order chi connectivity index (χ1) is 4.63. The third-order valence-corrected chi connectivity index (χ3v) is 1.65. The highest BCUT2D eigenvalue weighted by atomic mass is 16.6. The fourth-order valence-corrected chi connectivity index (χ4v) is 0.880. The zero-order chi connectivity index (χ0) is 8.15. The predicted octanol–water partition coefficient (Wildman–Crippen LogP) is 0.779. The zero-order valence-corrected chi connectivity index (χ0v) is 6.41. The first kappa shape index (κ1) is 9.36. The molecule has 0 aromatic heterocycles. The van der Waals surface area contributed by atoms with E-state index in [4.69, 9.17) is 5.73 Å². The number of nitrogens with two attached hydrogens (primary N) is 1. The van der Waals surface area contributed by atoms with Crippen molar-refractivity contribution in [2.45, 2.75) is 38.8 Å². The fraction of sp³-hybridized carbons (Fsp3) is 1.00. The van der Waals surface area contributed by atoms with Crippen LogP contribution < -0.4 is 5.73 Å². The summed E-state index contributed by atoms with van der Waals surface area (Å²) >= 11 is 0. The molecule has 0 aliphatic rings. The minimum atomic E-state index is -0.565. The molecule has 0 saturated carbocycles. The molecule has 0 aliphatic heterocycles. The number of hydrogen-bond donors (Lipinski definition) is 1. The molecule has 2 atom stereocenters. The maximum Gasteiger partial charge on any atom is 0.227 e. The Bertz CT molecular complexity index is 116. The molecule has 0 fully saturated rings. The second-order valence-corrected chi connectivity index (χ2v) is 2.33. The summed E-state index contributed by atoms with van der Waals surface area (Å²) in [6.45, 7) is 3.64. The summed E-state index contributed by atoms with van der Waals surface area (Å²) in [6, 6.07) is -0.856. The highest BCUT2D eigenvalue weighted by Crippen LogP contribution is 2.03. The maximum atomic E-state index is 10.3. The number of nitro groups is 1. The van der Waals surface area contributed by atoms with Crippen LogP contribution >= 0.6 is 0 Å². The van der Waals surface area contributed by atoms with E-state index in [2.05, 4.69) is 0 Å². The van der Waals surface area contributed by atoms with Crippen molar-refractivity contribution < 1.29 is 4.92 Å². The SMILES string of the molecule is CCC(N)C(CC)[N+](=O)[O-]. The lowest BCUT2D eigenvalue weighted by Crippen LogP contribution is -2.39. The van der Waals surface area contributed by atoms with E-state index in [9.17, 15) is 10.1 Å². The van der Waals surface area contributed by atoms with Gasteiger partial charge in [-0.1, -0.05) is 13.8 Å². The van der Waals surface area contributed by atoms with Gasteiger partial charge in [0, 0.05) is 11.3 Å². The summed E-state index contributed by atoms with van der Waals surface area (Å²) in [6.07, 6.45) is 1.18. The lowest BCUT2D eigenvalue weighted by Gasteiger charge is -2.12. The maximum absolute atomic E-state index is 10.3. The largest absolute Gasteiger partial charge is 0.322 e. The topological polar surface area (TPSA) is 69.2 Å². The Morgan fingerprint density at radius 2 is 2.00 bits per heavy atom. The molecular weight excluding hydrogens is 132 g/mol. The predicted molar refractivity (Wildman–Crippen MR) is 39.3 cm³/mol. The molecule has 0 saturated heterocycles. The molecule has 0 spiro atoms. The van der Waals surface area contributed by atoms with E-state index in [1.165, 1.54) is 0 Å². The van der Waals surface area contributed by atoms with Gasteiger partial charge in [0.2, 0.25) is 6.04 Å². The smallest absolute Gasteiger partial charge is 0.227 e. The van der Waals surface area contributed by atoms with Crippen molar-refractivity contribution in [3.8, 4) is 0 Å². The molecular formula is C6H14N2O2. The minimum Gasteiger partial charge on any atom is -0.322 e. The van der Waals surface area contributed by atoms with E-state index in [-0.39, 0.29) is 11.0 Å². The average molecular weight is 146 g/mol. The molecule has 10 heavy (non-hydrogen) atoms. The van der Waals surface area contributed by atoms with Crippen LogP contribution in [0, 0.1) is 10.1 Å². The van der Waals surface area contributed by atoms with Crippen molar-refractivity contribution in [3.63, 3.8) is 0 Å². The van der Waals surface area contributed by atoms with E-state index in [0.717, 1.165) is 0 Å². The molecule has 2 unspecified atom stereocenters. The van der Waals surface area contributed by atoms with Gasteiger partial charge in [0.05, 0.1) is 6.04 Å². The first-order valence-electron chi connectivity index (χ1n) is 3.52. The molecule has 0 aliphatic carbocycles. The summed E-state index contributed by atoms with van der Waals surface area (Å²) in [5, 5.41) is 10.3. The van der Waals surface area contributed by atoms with Gasteiger partial charge in [0.25, 0.3) is 0 Å². The monoisotopic (exact) mass is 146 g/mol. The van der Waals surface area contributed by atoms with Crippen molar-refractivity contribution in [2.75, 3.05) is 0 Å². The van der Waals surface area contributed by atoms with Gasteiger partial charge in [-0.05, 0) is 6.42 Å². The van der Waals surface area contributed by atoms with Crippen molar-refractivity contribution in [1.82, 2.24) is 0 Å². The van der Waals surface area contributed by atoms with E-state index in [0.29, 0.717) is 12.8 Å². The van der Waals surface area contributed by atoms with Crippen molar-refractivity contribution in [2.24, 2.45) is 5.73 Å². The van der Waals surface area contributed by atoms with Gasteiger partial charge in [-0.3, -0.25) is 10.1 Å². The Labute approximate surface area is 60.6 Å². The molecule has 0 amide bonds. The second kappa shape index (κ2) is 4.22. The Balaban J connectivity index is 3.92. The average Bonchev–Trinajstić information content (AvgIpc) is 1.88. The van der Waals surface area contributed by atoms with E-state index in [1.807, 2.05) is 6.92 Å². The Morgan fingerprint density at radius 1 is 1.50 bits per heavy atom. The molecule has 0 rings (SSSR count). The van der Waals surface area contributed by atoms with Crippen molar-refractivity contribution in [3.05, 3.63) is 10.1 Å². The summed E-state index contributed by atoms with van der Waals surface area (Å²) in [7, 11) is 0. The standard InChI is InChI=1S/C6H14N2O2/c1-3-5(7)6(4-2)8(9)10/h5-6H,3-4,7H2,1-2H3. The molecule has 60 valence electrons. The number of rotatable bonds is 4. The molecule has 0 heterocycles. The minimum absolute atomic E-state index is 0.292. The highest BCUT2D eigenvalue weighted by molar-refractivity contribution is 4.68. The van der Waals surface area contributed by atoms with Gasteiger partial charge in [-0.2, -0.15) is 0 Å². The first-order valence-corrected chi connectivity index (χ1v) is 3.52. The fourth-order valence-electron chi connectivity index (χ4n) is 0.880. The Kier molecular flexibility index (Phi) is 3.95. The Morgan fingerprint density at radius 3 is 2.10 bits per heavy atom. The quantitative estimate of drug-likeness (QED) is 0.470. The highest BCUT2D eigenvalue weighted by Gasteiger charge is 2.24. The van der Waals surface area contributed by atoms with Crippen LogP contribution in [0.25, 0.3) is 0 Å². The van der Waals surface area contributed by atoms with E-state index in [1.54, 1.807) is 6.92 Å². The molecule has 4 heteroatoms. The molecule has 0 aromatic rings. The lowest BCUT2D eigenvalue weighted by atomic mass is 10.1. The van der Waals surface area contributed by atoms with E-state index < -0.39 is 6.04 Å². The number of hydrogen-bond acceptors (Lipinski definition) is 3. The Hall–Kier alpha value is -0.640. The van der Waals surface area contributed by atoms with Gasteiger partial charge in [-0.25, -0.2) is 0 Å². The molecule has 0 bridgehead atoms. The zero-order valence-electron chi connectivity index (χ0n) is 6.41. The van der Waals surface area contributed by atoms with Crippen LogP contribution in [0.3, 0.4) is 0 Å². The second-order valence-electron chi connectivity index (χ2n) is 2.33. The molecule has 2 N–H and O–H groups in total. The van der Waals surface area contributed by atoms with Gasteiger partial charge in [0.1, 0.15) is 0 Å². The van der Waals surface area contributed by atoms with Gasteiger partial charge >= 0.3 is 0 Å². The molecule has 0 radical (unpaired) electrons. The third-order valence-electron chi connectivity index (χ3n) is 1.65. The lowest BCUT2D eigenvalue weighted by molar-refractivity contribution is -0.526. The summed E-state index contributed by atoms with van der Waals surface area (Å²) in [4.78, 5) is 9.96. The van der Waals surface area contributed by atoms with Crippen LogP contribution in [0.4, 0.5) is 0 Å². The van der Waals surface area contributed by atoms with Crippen LogP contribution in [0.2, 0.25) is 0 Å². The van der Waals surface area contributed by atoms with Gasteiger partial charge in [-0.15, -0.1) is 0 Å². The number of nitrogens with zero attached hydrogens (tertiary/aromatic N) is 1. The van der Waals surface area contributed by atoms with Crippen molar-refractivity contribution in [1.29, 1.82) is 0 Å². The van der Waals surface area contributed by atoms with Gasteiger partial charge in [0.15, 0.2) is 0 Å². The van der Waals surface area contributed by atoms with Crippen LogP contribution in [-0.2, 0) is 0 Å². The molecule has 0 aromatic carbocycles. The summed E-state index contributed by atoms with van der Waals surface area (Å²) in [5.41, 5.74) is 5.49. The van der Waals surface area contributed by atoms with Gasteiger partial charge < -0.3 is 5.73 Å². The van der Waals surface area contributed by atoms with Crippen LogP contribution in [0.5, 0.6) is 0 Å². The van der Waals surface area contributed by atoms with Crippen LogP contribution in [-0.4, -0.2) is 17.0 Å². The van der Waals surface area contributed by atoms with E-state index >= 15 is 0 Å². The normalized spacial score (nSPS) is 16.3. The van der Waals surface area contributed by atoms with Crippen LogP contribution in [0.1, 0.15) is 26.7 Å². The summed E-state index contributed by atoms with van der Waals surface area (Å²) in [5.74, 6) is 0. The molecule has 4 nitrogen and oxygen atoms in total. The third kappa shape index (κ3) is 2.31. The summed E-state index contributed by atoms with van der Waals surface area (Å²) < 4.78 is 0.